The van der Waals surface area contributed by atoms with E-state index in [-0.39, 0.29) is 43.6 Å². The van der Waals surface area contributed by atoms with E-state index in [1.54, 1.807) is 0 Å². The van der Waals surface area contributed by atoms with Gasteiger partial charge in [-0.25, -0.2) is 0 Å². The first-order valence-corrected chi connectivity index (χ1v) is 4.80. The van der Waals surface area contributed by atoms with E-state index >= 15 is 0 Å². The van der Waals surface area contributed by atoms with Gasteiger partial charge in [-0.05, 0) is 24.0 Å². The van der Waals surface area contributed by atoms with Crippen LogP contribution in [-0.2, 0) is 11.2 Å². The van der Waals surface area contributed by atoms with Gasteiger partial charge in [0.25, 0.3) is 0 Å². The summed E-state index contributed by atoms with van der Waals surface area (Å²) in [4.78, 5) is 10.4. The molecule has 76 valence electrons. The molecule has 0 radical (unpaired) electrons. The van der Waals surface area contributed by atoms with Gasteiger partial charge in [-0.3, -0.25) is 4.79 Å². The molecule has 3 nitrogen and oxygen atoms in total. The van der Waals surface area contributed by atoms with Gasteiger partial charge in [0.2, 0.25) is 0 Å². The molecule has 0 heterocycles. The van der Waals surface area contributed by atoms with E-state index in [4.69, 9.17) is 5.11 Å². The average molecular weight is 215 g/mol. The molecule has 0 aliphatic heterocycles. The zero-order chi connectivity index (χ0) is 9.97. The molecule has 0 saturated carbocycles. The Labute approximate surface area is 113 Å². The van der Waals surface area contributed by atoms with E-state index in [2.05, 4.69) is 17.4 Å². The fourth-order valence-corrected chi connectivity index (χ4v) is 1.98. The van der Waals surface area contributed by atoms with Gasteiger partial charge >= 0.3 is 35.5 Å². The average Bonchev–Trinajstić information content (AvgIpc) is 2.58. The molecule has 1 unspecified atom stereocenters. The van der Waals surface area contributed by atoms with Gasteiger partial charge in [-0.15, -0.1) is 0 Å². The van der Waals surface area contributed by atoms with E-state index in [1.807, 2.05) is 12.1 Å². The van der Waals surface area contributed by atoms with Crippen LogP contribution in [0.3, 0.4) is 0 Å². The largest absolute Gasteiger partial charge is 1.00 e. The van der Waals surface area contributed by atoms with E-state index in [9.17, 15) is 4.79 Å². The van der Waals surface area contributed by atoms with Crippen LogP contribution in [0.5, 0.6) is 0 Å². The summed E-state index contributed by atoms with van der Waals surface area (Å²) in [5, 5.41) is 11.6. The minimum atomic E-state index is -0.797. The molecular weight excluding hydrogens is 201 g/mol. The number of fused-ring (bicyclic) bond motifs is 1. The molecule has 1 aromatic rings. The Morgan fingerprint density at radius 3 is 3.00 bits per heavy atom. The molecule has 0 fully saturated rings. The quantitative estimate of drug-likeness (QED) is 0.601. The molecule has 1 aliphatic rings. The Hall–Kier alpha value is -0.350. The van der Waals surface area contributed by atoms with Crippen LogP contribution in [-0.4, -0.2) is 17.6 Å². The maximum Gasteiger partial charge on any atom is 1.00 e. The van der Waals surface area contributed by atoms with Crippen molar-refractivity contribution in [2.75, 3.05) is 6.54 Å². The van der Waals surface area contributed by atoms with Crippen LogP contribution in [0.4, 0.5) is 0 Å². The van der Waals surface area contributed by atoms with Crippen molar-refractivity contribution in [2.24, 2.45) is 0 Å². The second-order valence-electron chi connectivity index (χ2n) is 3.56. The molecule has 0 saturated heterocycles. The van der Waals surface area contributed by atoms with Crippen LogP contribution in [0.2, 0.25) is 0 Å². The standard InChI is InChI=1S/C11H13NO2.Na.H/c13-11(14)7-12-10-6-5-8-3-1-2-4-9(8)10;;/h1-4,10,12H,5-7H2,(H,13,14);;/q;+1;-1. The van der Waals surface area contributed by atoms with E-state index in [1.165, 1.54) is 11.1 Å². The number of carboxylic acids is 1. The molecule has 0 amide bonds. The van der Waals surface area contributed by atoms with Gasteiger partial charge in [-0.2, -0.15) is 0 Å². The van der Waals surface area contributed by atoms with Crippen molar-refractivity contribution in [2.45, 2.75) is 18.9 Å². The van der Waals surface area contributed by atoms with Gasteiger partial charge in [0.05, 0.1) is 6.54 Å². The van der Waals surface area contributed by atoms with Crippen molar-refractivity contribution in [3.8, 4) is 0 Å². The van der Waals surface area contributed by atoms with Gasteiger partial charge in [0, 0.05) is 6.04 Å². The minimum absolute atomic E-state index is 0. The van der Waals surface area contributed by atoms with Gasteiger partial charge in [0.1, 0.15) is 0 Å². The first-order chi connectivity index (χ1) is 6.77. The molecule has 0 bridgehead atoms. The summed E-state index contributed by atoms with van der Waals surface area (Å²) in [6, 6.07) is 8.43. The summed E-state index contributed by atoms with van der Waals surface area (Å²) in [5.74, 6) is -0.797. The minimum Gasteiger partial charge on any atom is -1.00 e. The smallest absolute Gasteiger partial charge is 1.00 e. The molecule has 2 rings (SSSR count). The molecule has 1 aromatic carbocycles. The number of benzene rings is 1. The van der Waals surface area contributed by atoms with Crippen molar-refractivity contribution in [1.82, 2.24) is 5.32 Å². The predicted octanol–water partition coefficient (Wildman–Crippen LogP) is -1.54. The Bertz CT molecular complexity index is 360. The summed E-state index contributed by atoms with van der Waals surface area (Å²) < 4.78 is 0. The number of nitrogens with one attached hydrogen (secondary N) is 1. The molecule has 2 N–H and O–H groups in total. The van der Waals surface area contributed by atoms with Gasteiger partial charge in [-0.1, -0.05) is 24.3 Å². The van der Waals surface area contributed by atoms with Gasteiger partial charge < -0.3 is 11.8 Å². The van der Waals surface area contributed by atoms with Crippen LogP contribution in [0.1, 0.15) is 25.0 Å². The molecule has 1 atom stereocenters. The summed E-state index contributed by atoms with van der Waals surface area (Å²) in [6.45, 7) is 0.0407. The summed E-state index contributed by atoms with van der Waals surface area (Å²) >= 11 is 0. The summed E-state index contributed by atoms with van der Waals surface area (Å²) in [6.07, 6.45) is 2.06. The Morgan fingerprint density at radius 2 is 2.27 bits per heavy atom. The normalized spacial score (nSPS) is 18.0. The fraction of sp³-hybridized carbons (Fsp3) is 0.364. The molecule has 1 aliphatic carbocycles. The van der Waals surface area contributed by atoms with Crippen molar-refractivity contribution in [1.29, 1.82) is 0 Å². The molecule has 15 heavy (non-hydrogen) atoms. The third-order valence-electron chi connectivity index (χ3n) is 2.63. The van der Waals surface area contributed by atoms with Crippen molar-refractivity contribution < 1.29 is 40.9 Å². The van der Waals surface area contributed by atoms with Crippen LogP contribution in [0.15, 0.2) is 24.3 Å². The van der Waals surface area contributed by atoms with Crippen molar-refractivity contribution in [3.05, 3.63) is 35.4 Å². The Morgan fingerprint density at radius 1 is 1.53 bits per heavy atom. The second kappa shape index (κ2) is 5.66. The van der Waals surface area contributed by atoms with Crippen molar-refractivity contribution >= 4 is 5.97 Å². The maximum absolute atomic E-state index is 10.4. The number of carboxylic acid groups (broad SMARTS) is 1. The molecule has 0 aromatic heterocycles. The van der Waals surface area contributed by atoms with E-state index in [0.717, 1.165) is 12.8 Å². The van der Waals surface area contributed by atoms with Crippen LogP contribution < -0.4 is 34.9 Å². The van der Waals surface area contributed by atoms with Crippen LogP contribution in [0, 0.1) is 0 Å². The summed E-state index contributed by atoms with van der Waals surface area (Å²) in [7, 11) is 0. The number of carbonyl (C=O) groups is 1. The topological polar surface area (TPSA) is 49.3 Å². The second-order valence-corrected chi connectivity index (χ2v) is 3.56. The number of hydrogen-bond acceptors (Lipinski definition) is 2. The van der Waals surface area contributed by atoms with E-state index < -0.39 is 5.97 Å². The first kappa shape index (κ1) is 12.7. The number of rotatable bonds is 3. The summed E-state index contributed by atoms with van der Waals surface area (Å²) in [5.41, 5.74) is 2.60. The molecule has 0 spiro atoms. The predicted molar refractivity (Wildman–Crippen MR) is 54.3 cm³/mol. The number of hydrogen-bond donors (Lipinski definition) is 2. The third kappa shape index (κ3) is 3.05. The SMILES string of the molecule is O=C(O)CNC1CCc2ccccc21.[H-].[Na+]. The number of aliphatic carboxylic acids is 1. The Kier molecular flexibility index (Phi) is 4.80. The fourth-order valence-electron chi connectivity index (χ4n) is 1.98. The first-order valence-electron chi connectivity index (χ1n) is 4.80. The van der Waals surface area contributed by atoms with E-state index in [0.29, 0.717) is 0 Å². The van der Waals surface area contributed by atoms with Crippen LogP contribution in [0.25, 0.3) is 0 Å². The molecule has 4 heteroatoms. The van der Waals surface area contributed by atoms with Crippen LogP contribution >= 0.6 is 0 Å². The zero-order valence-corrected chi connectivity index (χ0v) is 10.9. The zero-order valence-electron chi connectivity index (χ0n) is 9.86. The number of aryl methyl sites for hydroxylation is 1. The Balaban J connectivity index is 0.00000112. The van der Waals surface area contributed by atoms with Gasteiger partial charge in [0.15, 0.2) is 0 Å². The third-order valence-corrected chi connectivity index (χ3v) is 2.63. The molecular formula is C11H14NNaO2. The maximum atomic E-state index is 10.4. The van der Waals surface area contributed by atoms with Crippen molar-refractivity contribution in [3.63, 3.8) is 0 Å². The monoisotopic (exact) mass is 215 g/mol.